The van der Waals surface area contributed by atoms with Gasteiger partial charge in [-0.3, -0.25) is 0 Å². The van der Waals surface area contributed by atoms with Crippen molar-refractivity contribution in [3.05, 3.63) is 65.4 Å². The zero-order chi connectivity index (χ0) is 17.6. The molecule has 1 N–H and O–H groups in total. The molecule has 0 aliphatic rings. The highest BCUT2D eigenvalue weighted by Crippen LogP contribution is 2.13. The predicted octanol–water partition coefficient (Wildman–Crippen LogP) is 3.92. The normalized spacial score (nSPS) is 10.8. The summed E-state index contributed by atoms with van der Waals surface area (Å²) < 4.78 is 2.11. The van der Waals surface area contributed by atoms with E-state index in [1.165, 1.54) is 0 Å². The number of urea groups is 1. The summed E-state index contributed by atoms with van der Waals surface area (Å²) in [7, 11) is 1.78. The first kappa shape index (κ1) is 17.3. The number of nitrogens with zero attached hydrogens (tertiary/aromatic N) is 3. The molecule has 0 bridgehead atoms. The van der Waals surface area contributed by atoms with E-state index in [0.29, 0.717) is 18.1 Å². The Balaban J connectivity index is 1.44. The van der Waals surface area contributed by atoms with E-state index in [4.69, 9.17) is 11.6 Å². The van der Waals surface area contributed by atoms with Gasteiger partial charge in [-0.1, -0.05) is 35.9 Å². The van der Waals surface area contributed by atoms with Gasteiger partial charge in [-0.05, 0) is 36.2 Å². The molecule has 2 aromatic carbocycles. The molecule has 0 spiro atoms. The summed E-state index contributed by atoms with van der Waals surface area (Å²) in [5.74, 6) is 0. The summed E-state index contributed by atoms with van der Waals surface area (Å²) in [6, 6.07) is 15.5. The number of rotatable bonds is 6. The number of aromatic nitrogens is 2. The second-order valence-electron chi connectivity index (χ2n) is 6.00. The molecular formula is C19H21ClN4O. The van der Waals surface area contributed by atoms with E-state index in [9.17, 15) is 4.79 Å². The van der Waals surface area contributed by atoms with E-state index in [1.54, 1.807) is 11.9 Å². The minimum Gasteiger partial charge on any atom is -0.338 e. The molecule has 1 heterocycles. The number of hydrogen-bond donors (Lipinski definition) is 1. The molecule has 5 nitrogen and oxygen atoms in total. The monoisotopic (exact) mass is 356 g/mol. The van der Waals surface area contributed by atoms with Crippen molar-refractivity contribution in [3.63, 3.8) is 0 Å². The fourth-order valence-corrected chi connectivity index (χ4v) is 2.96. The van der Waals surface area contributed by atoms with Gasteiger partial charge in [0, 0.05) is 31.7 Å². The van der Waals surface area contributed by atoms with Crippen molar-refractivity contribution in [2.45, 2.75) is 19.5 Å². The molecule has 1 aromatic heterocycles. The maximum Gasteiger partial charge on any atom is 0.317 e. The third-order valence-corrected chi connectivity index (χ3v) is 4.27. The lowest BCUT2D eigenvalue weighted by Gasteiger charge is -2.18. The van der Waals surface area contributed by atoms with Crippen LogP contribution >= 0.6 is 11.6 Å². The Morgan fingerprint density at radius 3 is 2.92 bits per heavy atom. The molecule has 0 aliphatic carbocycles. The van der Waals surface area contributed by atoms with Crippen LogP contribution in [-0.4, -0.2) is 34.1 Å². The van der Waals surface area contributed by atoms with Crippen molar-refractivity contribution in [1.82, 2.24) is 19.8 Å². The van der Waals surface area contributed by atoms with Gasteiger partial charge in [0.05, 0.1) is 17.4 Å². The van der Waals surface area contributed by atoms with Crippen molar-refractivity contribution in [2.24, 2.45) is 0 Å². The van der Waals surface area contributed by atoms with Crippen LogP contribution in [0.3, 0.4) is 0 Å². The van der Waals surface area contributed by atoms with Crippen LogP contribution < -0.4 is 5.32 Å². The number of carbonyl (C=O) groups is 1. The second-order valence-corrected chi connectivity index (χ2v) is 6.43. The first-order valence-corrected chi connectivity index (χ1v) is 8.64. The highest BCUT2D eigenvalue weighted by molar-refractivity contribution is 6.30. The molecular weight excluding hydrogens is 336 g/mol. The number of para-hydroxylation sites is 2. The van der Waals surface area contributed by atoms with Crippen LogP contribution in [0.5, 0.6) is 0 Å². The van der Waals surface area contributed by atoms with Gasteiger partial charge in [-0.25, -0.2) is 9.78 Å². The fourth-order valence-electron chi connectivity index (χ4n) is 2.75. The Morgan fingerprint density at radius 1 is 1.24 bits per heavy atom. The molecule has 3 aromatic rings. The van der Waals surface area contributed by atoms with Crippen LogP contribution in [0.2, 0.25) is 5.02 Å². The van der Waals surface area contributed by atoms with Crippen LogP contribution in [0.4, 0.5) is 4.79 Å². The summed E-state index contributed by atoms with van der Waals surface area (Å²) in [5.41, 5.74) is 3.12. The van der Waals surface area contributed by atoms with Crippen molar-refractivity contribution in [1.29, 1.82) is 0 Å². The van der Waals surface area contributed by atoms with Gasteiger partial charge in [-0.15, -0.1) is 0 Å². The summed E-state index contributed by atoms with van der Waals surface area (Å²) in [5, 5.41) is 3.63. The molecule has 0 saturated heterocycles. The van der Waals surface area contributed by atoms with Gasteiger partial charge in [0.15, 0.2) is 0 Å². The molecule has 0 fully saturated rings. The number of amides is 2. The maximum absolute atomic E-state index is 12.2. The average Bonchev–Trinajstić information content (AvgIpc) is 3.02. The summed E-state index contributed by atoms with van der Waals surface area (Å²) in [6.45, 7) is 1.96. The second kappa shape index (κ2) is 8.03. The average molecular weight is 357 g/mol. The van der Waals surface area contributed by atoms with Gasteiger partial charge < -0.3 is 14.8 Å². The Morgan fingerprint density at radius 2 is 2.08 bits per heavy atom. The number of imidazole rings is 1. The number of benzene rings is 2. The van der Waals surface area contributed by atoms with Crippen LogP contribution in [0, 0.1) is 0 Å². The highest BCUT2D eigenvalue weighted by Gasteiger charge is 2.09. The topological polar surface area (TPSA) is 50.2 Å². The summed E-state index contributed by atoms with van der Waals surface area (Å²) in [4.78, 5) is 18.2. The molecule has 0 radical (unpaired) electrons. The van der Waals surface area contributed by atoms with Gasteiger partial charge in [0.25, 0.3) is 0 Å². The number of fused-ring (bicyclic) bond motifs is 1. The van der Waals surface area contributed by atoms with E-state index in [-0.39, 0.29) is 6.03 Å². The van der Waals surface area contributed by atoms with E-state index < -0.39 is 0 Å². The third kappa shape index (κ3) is 4.51. The van der Waals surface area contributed by atoms with Crippen molar-refractivity contribution in [2.75, 3.05) is 13.6 Å². The van der Waals surface area contributed by atoms with Crippen molar-refractivity contribution >= 4 is 28.7 Å². The Bertz CT molecular complexity index is 861. The zero-order valence-electron chi connectivity index (χ0n) is 14.2. The van der Waals surface area contributed by atoms with Crippen LogP contribution in [0.1, 0.15) is 12.0 Å². The molecule has 0 atom stereocenters. The Labute approximate surface area is 152 Å². The molecule has 130 valence electrons. The molecule has 0 aliphatic heterocycles. The molecule has 2 amide bonds. The number of aryl methyl sites for hydroxylation is 1. The number of nitrogens with one attached hydrogen (secondary N) is 1. The smallest absolute Gasteiger partial charge is 0.317 e. The van der Waals surface area contributed by atoms with E-state index in [0.717, 1.165) is 29.6 Å². The lowest BCUT2D eigenvalue weighted by molar-refractivity contribution is 0.206. The first-order chi connectivity index (χ1) is 12.1. The Hall–Kier alpha value is -2.53. The standard InChI is InChI=1S/C19H21ClN4O/c1-23(13-15-6-4-7-16(20)12-15)19(25)21-10-5-11-24-14-22-17-8-2-3-9-18(17)24/h2-4,6-9,12,14H,5,10-11,13H2,1H3,(H,21,25). The van der Waals surface area contributed by atoms with Gasteiger partial charge in [0.1, 0.15) is 0 Å². The molecule has 25 heavy (non-hydrogen) atoms. The quantitative estimate of drug-likeness (QED) is 0.680. The highest BCUT2D eigenvalue weighted by atomic mass is 35.5. The maximum atomic E-state index is 12.2. The third-order valence-electron chi connectivity index (χ3n) is 4.03. The first-order valence-electron chi connectivity index (χ1n) is 8.27. The van der Waals surface area contributed by atoms with Gasteiger partial charge in [0.2, 0.25) is 0 Å². The van der Waals surface area contributed by atoms with E-state index in [2.05, 4.69) is 20.9 Å². The van der Waals surface area contributed by atoms with E-state index in [1.807, 2.05) is 48.8 Å². The molecule has 0 saturated carbocycles. The van der Waals surface area contributed by atoms with E-state index >= 15 is 0 Å². The zero-order valence-corrected chi connectivity index (χ0v) is 14.9. The van der Waals surface area contributed by atoms with Gasteiger partial charge in [-0.2, -0.15) is 0 Å². The minimum atomic E-state index is -0.0875. The SMILES string of the molecule is CN(Cc1cccc(Cl)c1)C(=O)NCCCn1cnc2ccccc21. The lowest BCUT2D eigenvalue weighted by atomic mass is 10.2. The summed E-state index contributed by atoms with van der Waals surface area (Å²) in [6.07, 6.45) is 2.69. The van der Waals surface area contributed by atoms with Crippen LogP contribution in [0.15, 0.2) is 54.9 Å². The van der Waals surface area contributed by atoms with Crippen LogP contribution in [0.25, 0.3) is 11.0 Å². The molecule has 3 rings (SSSR count). The van der Waals surface area contributed by atoms with Crippen molar-refractivity contribution in [3.8, 4) is 0 Å². The number of carbonyl (C=O) groups excluding carboxylic acids is 1. The largest absolute Gasteiger partial charge is 0.338 e. The number of halogens is 1. The minimum absolute atomic E-state index is 0.0875. The number of hydrogen-bond acceptors (Lipinski definition) is 2. The van der Waals surface area contributed by atoms with Gasteiger partial charge >= 0.3 is 6.03 Å². The summed E-state index contributed by atoms with van der Waals surface area (Å²) >= 11 is 5.97. The molecule has 6 heteroatoms. The Kier molecular flexibility index (Phi) is 5.56. The fraction of sp³-hybridized carbons (Fsp3) is 0.263. The van der Waals surface area contributed by atoms with Crippen LogP contribution in [-0.2, 0) is 13.1 Å². The molecule has 0 unspecified atom stereocenters. The predicted molar refractivity (Wildman–Crippen MR) is 101 cm³/mol. The van der Waals surface area contributed by atoms with Crippen molar-refractivity contribution < 1.29 is 4.79 Å². The lowest BCUT2D eigenvalue weighted by Crippen LogP contribution is -2.37.